The van der Waals surface area contributed by atoms with Crippen molar-refractivity contribution in [1.82, 2.24) is 5.32 Å². The van der Waals surface area contributed by atoms with Crippen LogP contribution >= 0.6 is 15.9 Å². The Morgan fingerprint density at radius 1 is 1.65 bits per heavy atom. The monoisotopic (exact) mass is 294 g/mol. The van der Waals surface area contributed by atoms with Crippen molar-refractivity contribution in [2.24, 2.45) is 0 Å². The minimum Gasteiger partial charge on any atom is -0.398 e. The molecule has 0 saturated carbocycles. The maximum atomic E-state index is 12.0. The van der Waals surface area contributed by atoms with Gasteiger partial charge in [0.2, 0.25) is 0 Å². The number of benzene rings is 1. The molecule has 0 aliphatic carbocycles. The van der Waals surface area contributed by atoms with Crippen molar-refractivity contribution >= 4 is 27.5 Å². The highest BCUT2D eigenvalue weighted by molar-refractivity contribution is 9.10. The van der Waals surface area contributed by atoms with Gasteiger partial charge in [-0.2, -0.15) is 0 Å². The topological polar surface area (TPSA) is 55.1 Å². The number of rotatable bonds is 3. The number of carbonyl (C=O) groups excluding carboxylic acids is 1. The lowest BCUT2D eigenvalue weighted by molar-refractivity contribution is 0.0944. The number of carbonyl (C=O) groups is 1. The van der Waals surface area contributed by atoms with E-state index in [4.69, 9.17) is 12.2 Å². The summed E-state index contributed by atoms with van der Waals surface area (Å²) in [6.45, 7) is 3.74. The second kappa shape index (κ2) is 5.74. The van der Waals surface area contributed by atoms with E-state index in [-0.39, 0.29) is 11.9 Å². The van der Waals surface area contributed by atoms with Crippen LogP contribution in [0.2, 0.25) is 0 Å². The number of nitrogen functional groups attached to an aromatic ring is 1. The van der Waals surface area contributed by atoms with Gasteiger partial charge >= 0.3 is 0 Å². The predicted molar refractivity (Wildman–Crippen MR) is 73.7 cm³/mol. The summed E-state index contributed by atoms with van der Waals surface area (Å²) < 4.78 is 0.777. The van der Waals surface area contributed by atoms with Crippen LogP contribution in [0.4, 0.5) is 5.69 Å². The molecule has 0 aromatic heterocycles. The highest BCUT2D eigenvalue weighted by Gasteiger charge is 2.14. The summed E-state index contributed by atoms with van der Waals surface area (Å²) in [5.41, 5.74) is 7.69. The van der Waals surface area contributed by atoms with E-state index in [2.05, 4.69) is 27.2 Å². The van der Waals surface area contributed by atoms with E-state index in [0.29, 0.717) is 17.7 Å². The molecule has 1 aromatic rings. The molecule has 1 unspecified atom stereocenters. The Hall–Kier alpha value is -1.47. The van der Waals surface area contributed by atoms with Crippen molar-refractivity contribution < 1.29 is 4.79 Å². The Labute approximate surface area is 110 Å². The number of nitrogens with two attached hydrogens (primary N) is 1. The molecule has 1 atom stereocenters. The average Bonchev–Trinajstić information content (AvgIpc) is 2.30. The van der Waals surface area contributed by atoms with Gasteiger partial charge in [-0.3, -0.25) is 4.79 Å². The van der Waals surface area contributed by atoms with Crippen molar-refractivity contribution in [2.75, 3.05) is 5.73 Å². The van der Waals surface area contributed by atoms with Crippen LogP contribution in [0.5, 0.6) is 0 Å². The van der Waals surface area contributed by atoms with Gasteiger partial charge in [-0.1, -0.05) is 28.8 Å². The van der Waals surface area contributed by atoms with E-state index in [1.165, 1.54) is 0 Å². The largest absolute Gasteiger partial charge is 0.398 e. The van der Waals surface area contributed by atoms with Gasteiger partial charge in [-0.25, -0.2) is 0 Å². The third-order valence-corrected chi connectivity index (χ3v) is 3.03. The minimum atomic E-state index is -0.248. The Bertz CT molecular complexity index is 477. The summed E-state index contributed by atoms with van der Waals surface area (Å²) in [4.78, 5) is 12.0. The van der Waals surface area contributed by atoms with Gasteiger partial charge in [0.05, 0.1) is 6.04 Å². The van der Waals surface area contributed by atoms with Crippen LogP contribution in [-0.4, -0.2) is 11.9 Å². The van der Waals surface area contributed by atoms with Crippen LogP contribution in [0.25, 0.3) is 0 Å². The van der Waals surface area contributed by atoms with Gasteiger partial charge in [0.15, 0.2) is 0 Å². The number of terminal acetylenes is 1. The predicted octanol–water partition coefficient (Wildman–Crippen LogP) is 2.48. The molecule has 4 heteroatoms. The number of nitrogens with one attached hydrogen (secondary N) is 1. The van der Waals surface area contributed by atoms with Crippen molar-refractivity contribution in [1.29, 1.82) is 0 Å². The first-order chi connectivity index (χ1) is 7.99. The van der Waals surface area contributed by atoms with E-state index in [0.717, 1.165) is 10.0 Å². The van der Waals surface area contributed by atoms with E-state index in [1.54, 1.807) is 12.1 Å². The van der Waals surface area contributed by atoms with Crippen LogP contribution in [-0.2, 0) is 0 Å². The summed E-state index contributed by atoms with van der Waals surface area (Å²) in [6, 6.07) is 3.26. The van der Waals surface area contributed by atoms with Gasteiger partial charge in [-0.15, -0.1) is 6.42 Å². The zero-order valence-corrected chi connectivity index (χ0v) is 11.5. The summed E-state index contributed by atoms with van der Waals surface area (Å²) >= 11 is 3.32. The van der Waals surface area contributed by atoms with Gasteiger partial charge in [0, 0.05) is 15.7 Å². The van der Waals surface area contributed by atoms with Crippen molar-refractivity contribution in [3.8, 4) is 12.3 Å². The number of halogens is 1. The standard InChI is InChI=1S/C13H15BrN2O/c1-4-10(5-2)16-13(17)11-6-9(14)7-12(15)8(11)3/h1,6-7,10H,5,15H2,2-3H3,(H,16,17). The van der Waals surface area contributed by atoms with Gasteiger partial charge in [0.1, 0.15) is 0 Å². The molecule has 1 amide bonds. The highest BCUT2D eigenvalue weighted by Crippen LogP contribution is 2.22. The maximum Gasteiger partial charge on any atom is 0.252 e. The lowest BCUT2D eigenvalue weighted by Crippen LogP contribution is -2.33. The molecule has 3 nitrogen and oxygen atoms in total. The fourth-order valence-corrected chi connectivity index (χ4v) is 1.91. The van der Waals surface area contributed by atoms with Gasteiger partial charge < -0.3 is 11.1 Å². The fourth-order valence-electron chi connectivity index (χ4n) is 1.43. The molecule has 0 spiro atoms. The summed E-state index contributed by atoms with van der Waals surface area (Å²) in [5, 5.41) is 2.78. The van der Waals surface area contributed by atoms with E-state index in [9.17, 15) is 4.79 Å². The molecule has 0 bridgehead atoms. The first-order valence-electron chi connectivity index (χ1n) is 5.32. The molecular weight excluding hydrogens is 280 g/mol. The first kappa shape index (κ1) is 13.6. The molecule has 90 valence electrons. The second-order valence-electron chi connectivity index (χ2n) is 3.77. The summed E-state index contributed by atoms with van der Waals surface area (Å²) in [7, 11) is 0. The molecule has 1 aromatic carbocycles. The second-order valence-corrected chi connectivity index (χ2v) is 4.68. The van der Waals surface area contributed by atoms with Crippen molar-refractivity contribution in [2.45, 2.75) is 26.3 Å². The van der Waals surface area contributed by atoms with E-state index >= 15 is 0 Å². The number of anilines is 1. The number of hydrogen-bond acceptors (Lipinski definition) is 2. The normalized spacial score (nSPS) is 11.6. The molecule has 3 N–H and O–H groups in total. The molecule has 0 saturated heterocycles. The number of amides is 1. The first-order valence-corrected chi connectivity index (χ1v) is 6.11. The molecule has 0 radical (unpaired) electrons. The smallest absolute Gasteiger partial charge is 0.252 e. The Kier molecular flexibility index (Phi) is 4.59. The van der Waals surface area contributed by atoms with Crippen LogP contribution in [0.15, 0.2) is 16.6 Å². The van der Waals surface area contributed by atoms with E-state index in [1.807, 2.05) is 13.8 Å². The highest BCUT2D eigenvalue weighted by atomic mass is 79.9. The zero-order valence-electron chi connectivity index (χ0n) is 9.88. The van der Waals surface area contributed by atoms with Crippen LogP contribution < -0.4 is 11.1 Å². The summed E-state index contributed by atoms with van der Waals surface area (Å²) in [5.74, 6) is 2.33. The Balaban J connectivity index is 3.01. The molecule has 0 fully saturated rings. The molecule has 0 aliphatic rings. The molecule has 0 aliphatic heterocycles. The quantitative estimate of drug-likeness (QED) is 0.665. The third-order valence-electron chi connectivity index (χ3n) is 2.57. The van der Waals surface area contributed by atoms with Gasteiger partial charge in [-0.05, 0) is 31.0 Å². The van der Waals surface area contributed by atoms with Crippen LogP contribution in [0.1, 0.15) is 29.3 Å². The van der Waals surface area contributed by atoms with Crippen LogP contribution in [0.3, 0.4) is 0 Å². The van der Waals surface area contributed by atoms with Crippen molar-refractivity contribution in [3.05, 3.63) is 27.7 Å². The average molecular weight is 295 g/mol. The maximum absolute atomic E-state index is 12.0. The lowest BCUT2D eigenvalue weighted by atomic mass is 10.1. The molecule has 17 heavy (non-hydrogen) atoms. The summed E-state index contributed by atoms with van der Waals surface area (Å²) in [6.07, 6.45) is 6.01. The van der Waals surface area contributed by atoms with Gasteiger partial charge in [0.25, 0.3) is 5.91 Å². The van der Waals surface area contributed by atoms with Crippen LogP contribution in [0, 0.1) is 19.3 Å². The zero-order chi connectivity index (χ0) is 13.0. The lowest BCUT2D eigenvalue weighted by Gasteiger charge is -2.13. The molecular formula is C13H15BrN2O. The SMILES string of the molecule is C#CC(CC)NC(=O)c1cc(Br)cc(N)c1C. The fraction of sp³-hybridized carbons (Fsp3) is 0.308. The van der Waals surface area contributed by atoms with E-state index < -0.39 is 0 Å². The Morgan fingerprint density at radius 2 is 2.29 bits per heavy atom. The minimum absolute atomic E-state index is 0.194. The molecule has 0 heterocycles. The van der Waals surface area contributed by atoms with Crippen molar-refractivity contribution in [3.63, 3.8) is 0 Å². The molecule has 1 rings (SSSR count). The third kappa shape index (κ3) is 3.24. The Morgan fingerprint density at radius 3 is 2.82 bits per heavy atom. The number of hydrogen-bond donors (Lipinski definition) is 2.